The first kappa shape index (κ1) is 26.9. The molecule has 2 heterocycles. The van der Waals surface area contributed by atoms with Crippen molar-refractivity contribution in [3.63, 3.8) is 0 Å². The SMILES string of the molecule is CC[C@H](COCc1ccccc1)C1CC(C(N)=O)CCN1Cc1ccn(-c2ccc(C(F)(F)F)cc2)c1. The van der Waals surface area contributed by atoms with E-state index in [4.69, 9.17) is 10.5 Å². The number of nitrogens with zero attached hydrogens (tertiary/aromatic N) is 2. The van der Waals surface area contributed by atoms with Gasteiger partial charge in [-0.3, -0.25) is 9.69 Å². The summed E-state index contributed by atoms with van der Waals surface area (Å²) in [6.45, 7) is 4.70. The summed E-state index contributed by atoms with van der Waals surface area (Å²) in [6, 6.07) is 17.3. The molecule has 2 N–H and O–H groups in total. The third kappa shape index (κ3) is 7.02. The Kier molecular flexibility index (Phi) is 8.71. The first-order valence-electron chi connectivity index (χ1n) is 12.7. The van der Waals surface area contributed by atoms with E-state index >= 15 is 0 Å². The fourth-order valence-electron chi connectivity index (χ4n) is 5.15. The zero-order valence-corrected chi connectivity index (χ0v) is 21.0. The lowest BCUT2D eigenvalue weighted by Gasteiger charge is -2.42. The molecule has 1 aliphatic rings. The van der Waals surface area contributed by atoms with Crippen LogP contribution in [-0.4, -0.2) is 34.6 Å². The molecule has 3 aromatic rings. The molecule has 1 fully saturated rings. The standard InChI is InChI=1S/C29H34F3N3O2/c1-2-23(20-37-19-21-6-4-3-5-7-21)27-16-24(28(33)36)13-15-35(27)18-22-12-14-34(17-22)26-10-8-25(9-11-26)29(30,31)32/h3-12,14,17,23-24,27H,2,13,15-16,18-20H2,1H3,(H2,33,36)/t23-,24?,27?/m1/s1. The van der Waals surface area contributed by atoms with Gasteiger partial charge in [0.2, 0.25) is 5.91 Å². The normalized spacial score (nSPS) is 19.6. The first-order valence-corrected chi connectivity index (χ1v) is 12.7. The number of carbonyl (C=O) groups is 1. The lowest BCUT2D eigenvalue weighted by molar-refractivity contribution is -0.137. The summed E-state index contributed by atoms with van der Waals surface area (Å²) >= 11 is 0. The molecule has 0 saturated carbocycles. The molecule has 37 heavy (non-hydrogen) atoms. The van der Waals surface area contributed by atoms with Crippen molar-refractivity contribution in [2.75, 3.05) is 13.2 Å². The van der Waals surface area contributed by atoms with Crippen molar-refractivity contribution in [2.24, 2.45) is 17.6 Å². The fourth-order valence-corrected chi connectivity index (χ4v) is 5.15. The molecule has 0 spiro atoms. The van der Waals surface area contributed by atoms with E-state index in [1.165, 1.54) is 12.1 Å². The summed E-state index contributed by atoms with van der Waals surface area (Å²) in [5.41, 5.74) is 7.88. The highest BCUT2D eigenvalue weighted by Crippen LogP contribution is 2.32. The van der Waals surface area contributed by atoms with E-state index in [-0.39, 0.29) is 23.8 Å². The van der Waals surface area contributed by atoms with Gasteiger partial charge in [-0.1, -0.05) is 37.3 Å². The van der Waals surface area contributed by atoms with E-state index in [1.807, 2.05) is 53.4 Å². The van der Waals surface area contributed by atoms with Crippen LogP contribution in [0.3, 0.4) is 0 Å². The van der Waals surface area contributed by atoms with Crippen LogP contribution in [0, 0.1) is 11.8 Å². The molecule has 198 valence electrons. The topological polar surface area (TPSA) is 60.5 Å². The number of nitrogens with two attached hydrogens (primary N) is 1. The zero-order chi connectivity index (χ0) is 26.4. The van der Waals surface area contributed by atoms with Crippen molar-refractivity contribution < 1.29 is 22.7 Å². The molecule has 1 amide bonds. The van der Waals surface area contributed by atoms with Gasteiger partial charge in [0.15, 0.2) is 0 Å². The average Bonchev–Trinajstić information content (AvgIpc) is 3.36. The lowest BCUT2D eigenvalue weighted by atomic mass is 9.82. The van der Waals surface area contributed by atoms with E-state index in [0.717, 1.165) is 36.2 Å². The largest absolute Gasteiger partial charge is 0.416 e. The van der Waals surface area contributed by atoms with Gasteiger partial charge in [-0.2, -0.15) is 13.2 Å². The number of alkyl halides is 3. The van der Waals surface area contributed by atoms with E-state index in [2.05, 4.69) is 11.8 Å². The van der Waals surface area contributed by atoms with Crippen LogP contribution in [0.2, 0.25) is 0 Å². The predicted molar refractivity (Wildman–Crippen MR) is 137 cm³/mol. The Balaban J connectivity index is 1.44. The number of amides is 1. The van der Waals surface area contributed by atoms with Crippen LogP contribution in [0.4, 0.5) is 13.2 Å². The van der Waals surface area contributed by atoms with Gasteiger partial charge in [-0.15, -0.1) is 0 Å². The van der Waals surface area contributed by atoms with E-state index in [1.54, 1.807) is 0 Å². The van der Waals surface area contributed by atoms with E-state index in [0.29, 0.717) is 38.3 Å². The Hall–Kier alpha value is -3.10. The second-order valence-electron chi connectivity index (χ2n) is 9.80. The molecule has 1 aromatic heterocycles. The molecule has 2 aromatic carbocycles. The zero-order valence-electron chi connectivity index (χ0n) is 21.0. The number of carbonyl (C=O) groups excluding carboxylic acids is 1. The third-order valence-electron chi connectivity index (χ3n) is 7.31. The van der Waals surface area contributed by atoms with Gasteiger partial charge >= 0.3 is 6.18 Å². The molecule has 1 aliphatic heterocycles. The number of hydrogen-bond acceptors (Lipinski definition) is 3. The molecule has 2 unspecified atom stereocenters. The summed E-state index contributed by atoms with van der Waals surface area (Å²) in [5.74, 6) is -0.165. The van der Waals surface area contributed by atoms with Gasteiger partial charge in [0.05, 0.1) is 18.8 Å². The van der Waals surface area contributed by atoms with Crippen molar-refractivity contribution in [1.82, 2.24) is 9.47 Å². The molecule has 1 saturated heterocycles. The lowest BCUT2D eigenvalue weighted by Crippen LogP contribution is -2.49. The molecule has 3 atom stereocenters. The Morgan fingerprint density at radius 1 is 1.08 bits per heavy atom. The Labute approximate surface area is 216 Å². The van der Waals surface area contributed by atoms with Crippen LogP contribution in [0.15, 0.2) is 73.1 Å². The number of primary amides is 1. The van der Waals surface area contributed by atoms with Crippen molar-refractivity contribution in [3.8, 4) is 5.69 Å². The molecule has 0 aliphatic carbocycles. The number of benzene rings is 2. The van der Waals surface area contributed by atoms with Gasteiger partial charge in [0.25, 0.3) is 0 Å². The fraction of sp³-hybridized carbons (Fsp3) is 0.414. The maximum atomic E-state index is 12.9. The molecule has 5 nitrogen and oxygen atoms in total. The van der Waals surface area contributed by atoms with Crippen molar-refractivity contribution in [2.45, 2.75) is 51.6 Å². The smallest absolute Gasteiger partial charge is 0.376 e. The molecular weight excluding hydrogens is 479 g/mol. The van der Waals surface area contributed by atoms with Gasteiger partial charge in [0, 0.05) is 36.6 Å². The second kappa shape index (κ2) is 12.0. The van der Waals surface area contributed by atoms with Crippen molar-refractivity contribution in [1.29, 1.82) is 0 Å². The minimum Gasteiger partial charge on any atom is -0.376 e. The number of likely N-dealkylation sites (tertiary alicyclic amines) is 1. The Morgan fingerprint density at radius 2 is 1.81 bits per heavy atom. The number of halogens is 3. The summed E-state index contributed by atoms with van der Waals surface area (Å²) in [6.07, 6.45) is 1.78. The van der Waals surface area contributed by atoms with Crippen molar-refractivity contribution >= 4 is 5.91 Å². The van der Waals surface area contributed by atoms with E-state index in [9.17, 15) is 18.0 Å². The number of aromatic nitrogens is 1. The van der Waals surface area contributed by atoms with Crippen LogP contribution in [0.1, 0.15) is 42.9 Å². The number of hydrogen-bond donors (Lipinski definition) is 1. The summed E-state index contributed by atoms with van der Waals surface area (Å²) in [4.78, 5) is 14.4. The highest BCUT2D eigenvalue weighted by Gasteiger charge is 2.35. The van der Waals surface area contributed by atoms with Crippen LogP contribution >= 0.6 is 0 Å². The van der Waals surface area contributed by atoms with Gasteiger partial charge < -0.3 is 15.0 Å². The van der Waals surface area contributed by atoms with Gasteiger partial charge in [-0.25, -0.2) is 0 Å². The monoisotopic (exact) mass is 513 g/mol. The Morgan fingerprint density at radius 3 is 2.46 bits per heavy atom. The van der Waals surface area contributed by atoms with Crippen LogP contribution < -0.4 is 5.73 Å². The van der Waals surface area contributed by atoms with Crippen LogP contribution in [0.25, 0.3) is 5.69 Å². The van der Waals surface area contributed by atoms with Crippen LogP contribution in [0.5, 0.6) is 0 Å². The summed E-state index contributed by atoms with van der Waals surface area (Å²) in [5, 5.41) is 0. The quantitative estimate of drug-likeness (QED) is 0.373. The average molecular weight is 514 g/mol. The predicted octanol–water partition coefficient (Wildman–Crippen LogP) is 5.81. The summed E-state index contributed by atoms with van der Waals surface area (Å²) in [7, 11) is 0. The molecular formula is C29H34F3N3O2. The number of ether oxygens (including phenoxy) is 1. The number of piperidine rings is 1. The third-order valence-corrected chi connectivity index (χ3v) is 7.31. The molecule has 8 heteroatoms. The highest BCUT2D eigenvalue weighted by atomic mass is 19.4. The molecule has 0 bridgehead atoms. The first-order chi connectivity index (χ1) is 17.7. The second-order valence-corrected chi connectivity index (χ2v) is 9.80. The van der Waals surface area contributed by atoms with Gasteiger partial charge in [-0.05, 0) is 73.2 Å². The minimum atomic E-state index is -4.35. The molecule has 4 rings (SSSR count). The maximum Gasteiger partial charge on any atom is 0.416 e. The minimum absolute atomic E-state index is 0.140. The number of rotatable bonds is 10. The molecule has 0 radical (unpaired) electrons. The van der Waals surface area contributed by atoms with Crippen LogP contribution in [-0.2, 0) is 28.9 Å². The van der Waals surface area contributed by atoms with Gasteiger partial charge in [0.1, 0.15) is 0 Å². The van der Waals surface area contributed by atoms with E-state index < -0.39 is 11.7 Å². The van der Waals surface area contributed by atoms with Crippen molar-refractivity contribution in [3.05, 3.63) is 89.7 Å². The maximum absolute atomic E-state index is 12.9. The summed E-state index contributed by atoms with van der Waals surface area (Å²) < 4.78 is 46.6. The Bertz CT molecular complexity index is 1150. The highest BCUT2D eigenvalue weighted by molar-refractivity contribution is 5.76.